The van der Waals surface area contributed by atoms with Crippen LogP contribution in [0.3, 0.4) is 0 Å². The van der Waals surface area contributed by atoms with E-state index in [1.807, 2.05) is 76.2 Å². The molecule has 2 fully saturated rings. The number of carbonyl (C=O) groups excluding carboxylic acids is 3. The third kappa shape index (κ3) is 9.76. The molecule has 2 aliphatic rings. The zero-order valence-electron chi connectivity index (χ0n) is 29.7. The molecule has 262 valence electrons. The number of benzene rings is 2. The Hall–Kier alpha value is -4.08. The van der Waals surface area contributed by atoms with Crippen LogP contribution in [0.5, 0.6) is 0 Å². The molecule has 2 aromatic carbocycles. The van der Waals surface area contributed by atoms with Crippen molar-refractivity contribution in [2.75, 3.05) is 20.1 Å². The summed E-state index contributed by atoms with van der Waals surface area (Å²) in [4.78, 5) is 49.1. The number of β-amino-alcohol motifs (C(OH)–C–C–N with tert-alkyl or cyclic N) is 1. The molecule has 1 saturated carbocycles. The van der Waals surface area contributed by atoms with Crippen molar-refractivity contribution in [2.24, 2.45) is 11.8 Å². The molecular weight excluding hydrogens is 614 g/mol. The number of aryl methyl sites for hydroxylation is 1. The van der Waals surface area contributed by atoms with Crippen molar-refractivity contribution in [2.45, 2.75) is 96.5 Å². The topological polar surface area (TPSA) is 115 Å². The predicted molar refractivity (Wildman–Crippen MR) is 192 cm³/mol. The Kier molecular flexibility index (Phi) is 11.9. The number of aliphatic hydroxyl groups excluding tert-OH is 1. The molecule has 49 heavy (non-hydrogen) atoms. The Morgan fingerprint density at radius 1 is 1.00 bits per heavy atom. The van der Waals surface area contributed by atoms with Crippen LogP contribution in [-0.2, 0) is 17.8 Å². The Bertz CT molecular complexity index is 1570. The number of aliphatic hydroxyl groups is 1. The van der Waals surface area contributed by atoms with Crippen molar-refractivity contribution in [3.8, 4) is 0 Å². The lowest BCUT2D eigenvalue weighted by atomic mass is 9.72. The molecule has 0 spiro atoms. The van der Waals surface area contributed by atoms with Crippen LogP contribution in [0.4, 0.5) is 0 Å². The van der Waals surface area contributed by atoms with Gasteiger partial charge in [0.2, 0.25) is 5.91 Å². The summed E-state index contributed by atoms with van der Waals surface area (Å²) < 4.78 is 0. The van der Waals surface area contributed by atoms with Gasteiger partial charge in [0.15, 0.2) is 0 Å². The summed E-state index contributed by atoms with van der Waals surface area (Å²) in [7, 11) is 1.72. The fraction of sp³-hybridized carbons (Fsp3) is 0.500. The van der Waals surface area contributed by atoms with Crippen molar-refractivity contribution >= 4 is 17.7 Å². The zero-order chi connectivity index (χ0) is 35.1. The van der Waals surface area contributed by atoms with Crippen molar-refractivity contribution in [1.29, 1.82) is 0 Å². The van der Waals surface area contributed by atoms with Gasteiger partial charge in [-0.05, 0) is 94.2 Å². The normalized spacial score (nSPS) is 20.8. The van der Waals surface area contributed by atoms with Crippen LogP contribution in [0.1, 0.15) is 90.4 Å². The molecule has 1 aromatic heterocycles. The van der Waals surface area contributed by atoms with E-state index in [1.54, 1.807) is 36.3 Å². The average molecular weight is 668 g/mol. The molecule has 2 heterocycles. The highest BCUT2D eigenvalue weighted by Crippen LogP contribution is 2.39. The van der Waals surface area contributed by atoms with Gasteiger partial charge in [-0.25, -0.2) is 0 Å². The Balaban J connectivity index is 1.35. The van der Waals surface area contributed by atoms with Gasteiger partial charge in [-0.1, -0.05) is 61.7 Å². The lowest BCUT2D eigenvalue weighted by Crippen LogP contribution is -2.60. The lowest BCUT2D eigenvalue weighted by molar-refractivity contribution is -0.132. The Morgan fingerprint density at radius 2 is 1.71 bits per heavy atom. The van der Waals surface area contributed by atoms with Gasteiger partial charge in [0.05, 0.1) is 30.4 Å². The molecule has 5 atom stereocenters. The largest absolute Gasteiger partial charge is 0.390 e. The van der Waals surface area contributed by atoms with Gasteiger partial charge < -0.3 is 20.6 Å². The van der Waals surface area contributed by atoms with Crippen molar-refractivity contribution in [3.05, 3.63) is 101 Å². The second kappa shape index (κ2) is 16.1. The zero-order valence-corrected chi connectivity index (χ0v) is 29.7. The van der Waals surface area contributed by atoms with E-state index in [9.17, 15) is 19.5 Å². The lowest BCUT2D eigenvalue weighted by Gasteiger charge is -2.47. The van der Waals surface area contributed by atoms with Gasteiger partial charge in [-0.3, -0.25) is 24.3 Å². The van der Waals surface area contributed by atoms with E-state index < -0.39 is 12.1 Å². The number of hydrogen-bond acceptors (Lipinski definition) is 6. The number of rotatable bonds is 11. The number of aromatic nitrogens is 1. The standard InChI is InChI=1S/C40H53N5O4/c1-27-18-19-30(39(49)44(5)25-32-17-11-12-20-41-32)22-33(27)37(47)42-34(21-28-13-7-6-8-14-28)36(46)26-45-24-31-16-10-9-15-29(31)23-35(45)38(48)43-40(2,3)4/h6-8,11-14,17-20,22,29,31,34-36,46H,9-10,15-16,21,23-26H2,1-5H3,(H,42,47)(H,43,48)/t29-,31+,34-,35-,36+/m0/s1. The van der Waals surface area contributed by atoms with Crippen molar-refractivity contribution in [1.82, 2.24) is 25.4 Å². The number of nitrogens with one attached hydrogen (secondary N) is 2. The molecule has 9 nitrogen and oxygen atoms in total. The van der Waals surface area contributed by atoms with Crippen LogP contribution >= 0.6 is 0 Å². The summed E-state index contributed by atoms with van der Waals surface area (Å²) in [5, 5.41) is 18.2. The maximum atomic E-state index is 14.0. The number of carbonyl (C=O) groups is 3. The number of hydrogen-bond donors (Lipinski definition) is 3. The molecule has 3 aromatic rings. The van der Waals surface area contributed by atoms with Gasteiger partial charge in [0, 0.05) is 43.0 Å². The monoisotopic (exact) mass is 667 g/mol. The summed E-state index contributed by atoms with van der Waals surface area (Å²) in [6.07, 6.45) is 6.64. The number of nitrogens with zero attached hydrogens (tertiary/aromatic N) is 3. The first-order chi connectivity index (χ1) is 23.4. The number of piperidine rings is 1. The van der Waals surface area contributed by atoms with Gasteiger partial charge in [-0.15, -0.1) is 0 Å². The summed E-state index contributed by atoms with van der Waals surface area (Å²) in [6, 6.07) is 19.6. The van der Waals surface area contributed by atoms with Gasteiger partial charge in [0.1, 0.15) is 0 Å². The molecule has 3 N–H and O–H groups in total. The van der Waals surface area contributed by atoms with E-state index in [4.69, 9.17) is 0 Å². The van der Waals surface area contributed by atoms with E-state index in [-0.39, 0.29) is 35.8 Å². The minimum Gasteiger partial charge on any atom is -0.390 e. The molecule has 0 bridgehead atoms. The first-order valence-electron chi connectivity index (χ1n) is 17.7. The summed E-state index contributed by atoms with van der Waals surface area (Å²) in [6.45, 7) is 9.17. The van der Waals surface area contributed by atoms with Crippen LogP contribution in [0.2, 0.25) is 0 Å². The third-order valence-electron chi connectivity index (χ3n) is 10.0. The Labute approximate surface area is 291 Å². The van der Waals surface area contributed by atoms with Crippen LogP contribution in [0, 0.1) is 18.8 Å². The third-order valence-corrected chi connectivity index (χ3v) is 10.0. The predicted octanol–water partition coefficient (Wildman–Crippen LogP) is 5.16. The van der Waals surface area contributed by atoms with Gasteiger partial charge in [0.25, 0.3) is 11.8 Å². The molecule has 0 unspecified atom stereocenters. The highest BCUT2D eigenvalue weighted by atomic mass is 16.3. The van der Waals surface area contributed by atoms with Crippen LogP contribution in [0.15, 0.2) is 72.9 Å². The van der Waals surface area contributed by atoms with E-state index >= 15 is 0 Å². The first kappa shape index (κ1) is 36.2. The molecule has 5 rings (SSSR count). The van der Waals surface area contributed by atoms with E-state index in [0.29, 0.717) is 35.9 Å². The number of pyridine rings is 1. The van der Waals surface area contributed by atoms with Gasteiger partial charge >= 0.3 is 0 Å². The second-order valence-corrected chi connectivity index (χ2v) is 15.1. The summed E-state index contributed by atoms with van der Waals surface area (Å²) in [5.74, 6) is 0.440. The molecule has 1 aliphatic heterocycles. The van der Waals surface area contributed by atoms with Crippen LogP contribution in [0.25, 0.3) is 0 Å². The smallest absolute Gasteiger partial charge is 0.253 e. The molecule has 1 saturated heterocycles. The van der Waals surface area contributed by atoms with E-state index in [1.165, 1.54) is 12.8 Å². The van der Waals surface area contributed by atoms with Crippen molar-refractivity contribution < 1.29 is 19.5 Å². The molecule has 0 radical (unpaired) electrons. The highest BCUT2D eigenvalue weighted by molar-refractivity contribution is 6.00. The van der Waals surface area contributed by atoms with E-state index in [0.717, 1.165) is 42.6 Å². The molecular formula is C40H53N5O4. The quantitative estimate of drug-likeness (QED) is 0.260. The number of likely N-dealkylation sites (tertiary alicyclic amines) is 1. The Morgan fingerprint density at radius 3 is 2.41 bits per heavy atom. The molecule has 1 aliphatic carbocycles. The van der Waals surface area contributed by atoms with Crippen molar-refractivity contribution in [3.63, 3.8) is 0 Å². The maximum Gasteiger partial charge on any atom is 0.253 e. The highest BCUT2D eigenvalue weighted by Gasteiger charge is 2.42. The molecule has 3 amide bonds. The minimum atomic E-state index is -0.941. The minimum absolute atomic E-state index is 0.00233. The van der Waals surface area contributed by atoms with Crippen LogP contribution < -0.4 is 10.6 Å². The van der Waals surface area contributed by atoms with Crippen LogP contribution in [-0.4, -0.2) is 81.5 Å². The fourth-order valence-electron chi connectivity index (χ4n) is 7.42. The number of fused-ring (bicyclic) bond motifs is 1. The van der Waals surface area contributed by atoms with E-state index in [2.05, 4.69) is 20.5 Å². The maximum absolute atomic E-state index is 14.0. The number of amides is 3. The summed E-state index contributed by atoms with van der Waals surface area (Å²) >= 11 is 0. The average Bonchev–Trinajstić information content (AvgIpc) is 3.07. The molecule has 9 heteroatoms. The first-order valence-corrected chi connectivity index (χ1v) is 17.7. The SMILES string of the molecule is Cc1ccc(C(=O)N(C)Cc2ccccn2)cc1C(=O)N[C@@H](Cc1ccccc1)[C@H](O)CN1C[C@H]2CCCC[C@H]2C[C@H]1C(=O)NC(C)(C)C. The van der Waals surface area contributed by atoms with Gasteiger partial charge in [-0.2, -0.15) is 0 Å². The fourth-order valence-corrected chi connectivity index (χ4v) is 7.42. The summed E-state index contributed by atoms with van der Waals surface area (Å²) in [5.41, 5.74) is 2.90. The second-order valence-electron chi connectivity index (χ2n) is 15.1.